The van der Waals surface area contributed by atoms with Crippen LogP contribution in [-0.2, 0) is 16.4 Å². The van der Waals surface area contributed by atoms with Crippen LogP contribution in [0.2, 0.25) is 0 Å². The van der Waals surface area contributed by atoms with Gasteiger partial charge in [0.15, 0.2) is 0 Å². The van der Waals surface area contributed by atoms with E-state index >= 15 is 4.39 Å². The Labute approximate surface area is 179 Å². The number of aromatic carboxylic acids is 1. The first-order valence-electron chi connectivity index (χ1n) is 9.79. The number of rotatable bonds is 3. The molecule has 1 fully saturated rings. The van der Waals surface area contributed by atoms with Gasteiger partial charge in [-0.2, -0.15) is 17.5 Å². The van der Waals surface area contributed by atoms with E-state index in [1.54, 1.807) is 4.57 Å². The van der Waals surface area contributed by atoms with Crippen LogP contribution in [0.4, 0.5) is 23.2 Å². The van der Waals surface area contributed by atoms with Crippen LogP contribution in [0.5, 0.6) is 0 Å². The standard InChI is InChI=1S/C19H19F4N3O5S/c1-10-2-3-11-15-12(17(27)13(18(28)29)9-26(10)15)8-14(20)16(11)24-4-6-25(7-5-24)32(30,31)19(21,22)23/h8-10H,2-7H2,1H3,(H,28,29). The molecule has 8 nitrogen and oxygen atoms in total. The summed E-state index contributed by atoms with van der Waals surface area (Å²) >= 11 is 0. The summed E-state index contributed by atoms with van der Waals surface area (Å²) in [4.78, 5) is 25.6. The lowest BCUT2D eigenvalue weighted by Crippen LogP contribution is -2.52. The molecule has 0 spiro atoms. The number of benzene rings is 1. The minimum atomic E-state index is -5.48. The number of anilines is 1. The molecule has 1 aromatic carbocycles. The monoisotopic (exact) mass is 477 g/mol. The highest BCUT2D eigenvalue weighted by molar-refractivity contribution is 7.90. The average molecular weight is 477 g/mol. The number of hydrogen-bond acceptors (Lipinski definition) is 5. The van der Waals surface area contributed by atoms with Crippen molar-refractivity contribution in [1.29, 1.82) is 0 Å². The molecule has 174 valence electrons. The number of alkyl halides is 3. The fourth-order valence-electron chi connectivity index (χ4n) is 4.43. The lowest BCUT2D eigenvalue weighted by atomic mass is 9.93. The zero-order chi connectivity index (χ0) is 23.6. The normalized spacial score (nSPS) is 20.0. The molecule has 3 heterocycles. The first-order valence-corrected chi connectivity index (χ1v) is 11.2. The summed E-state index contributed by atoms with van der Waals surface area (Å²) in [5, 5.41) is 9.27. The summed E-state index contributed by atoms with van der Waals surface area (Å²) in [6.07, 6.45) is 2.14. The van der Waals surface area contributed by atoms with Gasteiger partial charge in [0.05, 0.1) is 11.2 Å². The third-order valence-corrected chi connectivity index (χ3v) is 7.67. The maximum atomic E-state index is 15.2. The highest BCUT2D eigenvalue weighted by atomic mass is 32.2. The number of carboxylic acid groups (broad SMARTS) is 1. The van der Waals surface area contributed by atoms with Crippen molar-refractivity contribution in [2.75, 3.05) is 31.1 Å². The number of halogens is 4. The predicted octanol–water partition coefficient (Wildman–Crippen LogP) is 2.32. The smallest absolute Gasteiger partial charge is 0.477 e. The average Bonchev–Trinajstić information content (AvgIpc) is 2.71. The molecule has 1 aromatic heterocycles. The molecule has 1 atom stereocenters. The molecule has 0 saturated carbocycles. The van der Waals surface area contributed by atoms with Gasteiger partial charge in [-0.3, -0.25) is 4.79 Å². The summed E-state index contributed by atoms with van der Waals surface area (Å²) in [5.41, 5.74) is -5.76. The number of nitrogens with zero attached hydrogens (tertiary/aromatic N) is 3. The van der Waals surface area contributed by atoms with E-state index in [0.717, 1.165) is 6.07 Å². The number of sulfonamides is 1. The van der Waals surface area contributed by atoms with Gasteiger partial charge in [0, 0.05) is 49.4 Å². The largest absolute Gasteiger partial charge is 0.511 e. The lowest BCUT2D eigenvalue weighted by molar-refractivity contribution is -0.0490. The quantitative estimate of drug-likeness (QED) is 0.682. The summed E-state index contributed by atoms with van der Waals surface area (Å²) in [6.45, 7) is 0.553. The van der Waals surface area contributed by atoms with E-state index in [9.17, 15) is 36.3 Å². The van der Waals surface area contributed by atoms with Crippen LogP contribution in [-0.4, -0.2) is 60.1 Å². The maximum Gasteiger partial charge on any atom is 0.511 e. The molecule has 1 unspecified atom stereocenters. The Balaban J connectivity index is 1.80. The first kappa shape index (κ1) is 22.5. The molecule has 2 aliphatic rings. The van der Waals surface area contributed by atoms with Crippen molar-refractivity contribution in [3.63, 3.8) is 0 Å². The third kappa shape index (κ3) is 3.34. The number of hydrogen-bond donors (Lipinski definition) is 1. The molecular weight excluding hydrogens is 458 g/mol. The summed E-state index contributed by atoms with van der Waals surface area (Å²) < 4.78 is 78.9. The molecular formula is C19H19F4N3O5S. The van der Waals surface area contributed by atoms with Crippen molar-refractivity contribution in [3.8, 4) is 0 Å². The SMILES string of the molecule is CC1CCc2c(N3CCN(S(=O)(=O)C(F)(F)F)CC3)c(F)cc3c(=O)c(C(=O)O)cn1c23. The minimum absolute atomic E-state index is 0.0778. The van der Waals surface area contributed by atoms with E-state index in [2.05, 4.69) is 0 Å². The molecule has 2 aliphatic heterocycles. The van der Waals surface area contributed by atoms with Crippen LogP contribution in [0.25, 0.3) is 10.9 Å². The Morgan fingerprint density at radius 2 is 1.81 bits per heavy atom. The van der Waals surface area contributed by atoms with Crippen LogP contribution in [0.1, 0.15) is 35.3 Å². The van der Waals surface area contributed by atoms with Gasteiger partial charge < -0.3 is 14.6 Å². The first-order chi connectivity index (χ1) is 14.8. The van der Waals surface area contributed by atoms with Crippen molar-refractivity contribution < 1.29 is 35.9 Å². The second kappa shape index (κ2) is 7.44. The molecule has 4 rings (SSSR count). The van der Waals surface area contributed by atoms with Crippen LogP contribution >= 0.6 is 0 Å². The Kier molecular flexibility index (Phi) is 5.24. The molecule has 0 bridgehead atoms. The van der Waals surface area contributed by atoms with Crippen LogP contribution in [0.3, 0.4) is 0 Å². The fourth-order valence-corrected chi connectivity index (χ4v) is 5.36. The second-order valence-corrected chi connectivity index (χ2v) is 9.82. The van der Waals surface area contributed by atoms with E-state index in [1.807, 2.05) is 6.92 Å². The molecule has 0 amide bonds. The zero-order valence-electron chi connectivity index (χ0n) is 16.8. The van der Waals surface area contributed by atoms with Gasteiger partial charge in [-0.05, 0) is 25.8 Å². The van der Waals surface area contributed by atoms with Crippen LogP contribution < -0.4 is 10.3 Å². The van der Waals surface area contributed by atoms with Gasteiger partial charge in [0.25, 0.3) is 0 Å². The number of aromatic nitrogens is 1. The number of piperazine rings is 1. The topological polar surface area (TPSA) is 99.9 Å². The highest BCUT2D eigenvalue weighted by Gasteiger charge is 2.50. The lowest BCUT2D eigenvalue weighted by Gasteiger charge is -2.38. The molecule has 0 aliphatic carbocycles. The third-order valence-electron chi connectivity index (χ3n) is 6.04. The zero-order valence-corrected chi connectivity index (χ0v) is 17.6. The Hall–Kier alpha value is -2.67. The van der Waals surface area contributed by atoms with E-state index in [0.29, 0.717) is 28.2 Å². The number of carboxylic acids is 1. The number of pyridine rings is 1. The summed E-state index contributed by atoms with van der Waals surface area (Å²) in [5.74, 6) is -2.23. The molecule has 1 saturated heterocycles. The highest BCUT2D eigenvalue weighted by Crippen LogP contribution is 2.39. The Morgan fingerprint density at radius 1 is 1.19 bits per heavy atom. The van der Waals surface area contributed by atoms with Crippen molar-refractivity contribution in [3.05, 3.63) is 39.4 Å². The second-order valence-electron chi connectivity index (χ2n) is 7.89. The van der Waals surface area contributed by atoms with Crippen LogP contribution in [0.15, 0.2) is 17.1 Å². The maximum absolute atomic E-state index is 15.2. The molecule has 13 heteroatoms. The van der Waals surface area contributed by atoms with Crippen molar-refractivity contribution >= 4 is 32.6 Å². The molecule has 2 aromatic rings. The minimum Gasteiger partial charge on any atom is -0.477 e. The Morgan fingerprint density at radius 3 is 2.38 bits per heavy atom. The van der Waals surface area contributed by atoms with Gasteiger partial charge in [-0.1, -0.05) is 0 Å². The van der Waals surface area contributed by atoms with E-state index in [1.165, 1.54) is 11.1 Å². The van der Waals surface area contributed by atoms with Gasteiger partial charge in [-0.25, -0.2) is 17.6 Å². The van der Waals surface area contributed by atoms with E-state index < -0.39 is 51.4 Å². The molecule has 1 N–H and O–H groups in total. The van der Waals surface area contributed by atoms with Gasteiger partial charge >= 0.3 is 21.5 Å². The van der Waals surface area contributed by atoms with Gasteiger partial charge in [-0.15, -0.1) is 0 Å². The fraction of sp³-hybridized carbons (Fsp3) is 0.474. The molecule has 32 heavy (non-hydrogen) atoms. The number of aryl methyl sites for hydroxylation is 1. The van der Waals surface area contributed by atoms with E-state index in [4.69, 9.17) is 0 Å². The van der Waals surface area contributed by atoms with Crippen LogP contribution in [0, 0.1) is 5.82 Å². The van der Waals surface area contributed by atoms with Crippen molar-refractivity contribution in [2.24, 2.45) is 0 Å². The summed E-state index contributed by atoms with van der Waals surface area (Å²) in [7, 11) is -5.48. The van der Waals surface area contributed by atoms with Gasteiger partial charge in [0.2, 0.25) is 5.43 Å². The van der Waals surface area contributed by atoms with E-state index in [-0.39, 0.29) is 30.2 Å². The predicted molar refractivity (Wildman–Crippen MR) is 107 cm³/mol. The number of carbonyl (C=O) groups is 1. The van der Waals surface area contributed by atoms with Crippen molar-refractivity contribution in [2.45, 2.75) is 31.3 Å². The Bertz CT molecular complexity index is 1280. The summed E-state index contributed by atoms with van der Waals surface area (Å²) in [6, 6.07) is 0.798. The van der Waals surface area contributed by atoms with Gasteiger partial charge in [0.1, 0.15) is 11.4 Å². The van der Waals surface area contributed by atoms with Crippen molar-refractivity contribution in [1.82, 2.24) is 8.87 Å². The molecule has 0 radical (unpaired) electrons.